The summed E-state index contributed by atoms with van der Waals surface area (Å²) in [6.45, 7) is 3.85. The van der Waals surface area contributed by atoms with Crippen molar-refractivity contribution in [1.82, 2.24) is 5.32 Å². The molecule has 1 N–H and O–H groups in total. The molecular formula is C11H21NO3. The Bertz CT molecular complexity index is 246. The van der Waals surface area contributed by atoms with Gasteiger partial charge < -0.3 is 19.5 Å². The molecule has 0 aliphatic heterocycles. The molecule has 0 aliphatic carbocycles. The predicted octanol–water partition coefficient (Wildman–Crippen LogP) is 1.65. The van der Waals surface area contributed by atoms with E-state index >= 15 is 0 Å². The van der Waals surface area contributed by atoms with Gasteiger partial charge in [0.15, 0.2) is 11.5 Å². The summed E-state index contributed by atoms with van der Waals surface area (Å²) >= 11 is 0. The monoisotopic (exact) mass is 215 g/mol. The van der Waals surface area contributed by atoms with Crippen LogP contribution >= 0.6 is 0 Å². The van der Waals surface area contributed by atoms with Crippen LogP contribution in [0.2, 0.25) is 0 Å². The first kappa shape index (κ1) is 13.8. The van der Waals surface area contributed by atoms with Crippen LogP contribution in [0.25, 0.3) is 0 Å². The highest BCUT2D eigenvalue weighted by Gasteiger charge is 2.14. The Morgan fingerprint density at radius 1 is 1.20 bits per heavy atom. The Morgan fingerprint density at radius 3 is 2.13 bits per heavy atom. The van der Waals surface area contributed by atoms with Gasteiger partial charge >= 0.3 is 0 Å². The van der Waals surface area contributed by atoms with E-state index in [0.717, 1.165) is 5.70 Å². The molecule has 0 saturated carbocycles. The minimum atomic E-state index is -0.133. The van der Waals surface area contributed by atoms with Gasteiger partial charge in [0.2, 0.25) is 0 Å². The van der Waals surface area contributed by atoms with Gasteiger partial charge in [-0.3, -0.25) is 0 Å². The lowest BCUT2D eigenvalue weighted by atomic mass is 10.2. The summed E-state index contributed by atoms with van der Waals surface area (Å²) in [7, 11) is 6.69. The van der Waals surface area contributed by atoms with Gasteiger partial charge in [-0.25, -0.2) is 0 Å². The zero-order chi connectivity index (χ0) is 11.8. The SMILES string of the molecule is CN/C(C)=C/C(OC)=C(/OC)C(C)OC. The maximum atomic E-state index is 5.26. The van der Waals surface area contributed by atoms with Crippen LogP contribution in [-0.4, -0.2) is 34.5 Å². The summed E-state index contributed by atoms with van der Waals surface area (Å²) in [6.07, 6.45) is 1.74. The summed E-state index contributed by atoms with van der Waals surface area (Å²) in [5.74, 6) is 1.34. The van der Waals surface area contributed by atoms with Gasteiger partial charge in [-0.1, -0.05) is 0 Å². The molecule has 4 nitrogen and oxygen atoms in total. The standard InChI is InChI=1S/C11H21NO3/c1-8(12-3)7-10(14-5)11(15-6)9(2)13-4/h7,9,12H,1-6H3/b8-7+,11-10-. The fraction of sp³-hybridized carbons (Fsp3) is 0.636. The fourth-order valence-electron chi connectivity index (χ4n) is 1.07. The van der Waals surface area contributed by atoms with Gasteiger partial charge in [-0.2, -0.15) is 0 Å². The number of methoxy groups -OCH3 is 3. The highest BCUT2D eigenvalue weighted by molar-refractivity contribution is 5.21. The van der Waals surface area contributed by atoms with Crippen molar-refractivity contribution in [2.24, 2.45) is 0 Å². The molecule has 0 saturated heterocycles. The van der Waals surface area contributed by atoms with Gasteiger partial charge in [0, 0.05) is 25.9 Å². The van der Waals surface area contributed by atoms with E-state index in [4.69, 9.17) is 14.2 Å². The smallest absolute Gasteiger partial charge is 0.166 e. The molecule has 0 heterocycles. The zero-order valence-electron chi connectivity index (χ0n) is 10.4. The molecule has 0 radical (unpaired) electrons. The number of hydrogen-bond acceptors (Lipinski definition) is 4. The van der Waals surface area contributed by atoms with Crippen molar-refractivity contribution in [3.63, 3.8) is 0 Å². The van der Waals surface area contributed by atoms with Crippen molar-refractivity contribution in [1.29, 1.82) is 0 Å². The van der Waals surface area contributed by atoms with Crippen molar-refractivity contribution in [3.8, 4) is 0 Å². The lowest BCUT2D eigenvalue weighted by molar-refractivity contribution is 0.0802. The Hall–Kier alpha value is -1.16. The summed E-state index contributed by atoms with van der Waals surface area (Å²) in [4.78, 5) is 0. The fourth-order valence-corrected chi connectivity index (χ4v) is 1.07. The van der Waals surface area contributed by atoms with Crippen molar-refractivity contribution >= 4 is 0 Å². The molecule has 0 aliphatic rings. The lowest BCUT2D eigenvalue weighted by Crippen LogP contribution is -2.14. The van der Waals surface area contributed by atoms with E-state index < -0.39 is 0 Å². The Labute approximate surface area is 91.9 Å². The van der Waals surface area contributed by atoms with Gasteiger partial charge in [-0.05, 0) is 13.8 Å². The summed E-state index contributed by atoms with van der Waals surface area (Å²) < 4.78 is 15.7. The third kappa shape index (κ3) is 4.25. The topological polar surface area (TPSA) is 39.7 Å². The Kier molecular flexibility index (Phi) is 6.62. The molecule has 1 atom stereocenters. The molecule has 0 spiro atoms. The van der Waals surface area contributed by atoms with Crippen LogP contribution < -0.4 is 5.32 Å². The van der Waals surface area contributed by atoms with Gasteiger partial charge in [0.1, 0.15) is 6.10 Å². The first-order valence-corrected chi connectivity index (χ1v) is 4.81. The Morgan fingerprint density at radius 2 is 1.80 bits per heavy atom. The lowest BCUT2D eigenvalue weighted by Gasteiger charge is -2.16. The number of hydrogen-bond donors (Lipinski definition) is 1. The van der Waals surface area contributed by atoms with Gasteiger partial charge in [0.25, 0.3) is 0 Å². The molecule has 0 aromatic heterocycles. The average Bonchev–Trinajstić information content (AvgIpc) is 2.27. The first-order chi connectivity index (χ1) is 7.10. The minimum Gasteiger partial charge on any atom is -0.494 e. The number of rotatable bonds is 6. The number of ether oxygens (including phenoxy) is 3. The largest absolute Gasteiger partial charge is 0.494 e. The van der Waals surface area contributed by atoms with Gasteiger partial charge in [-0.15, -0.1) is 0 Å². The van der Waals surface area contributed by atoms with E-state index in [-0.39, 0.29) is 6.10 Å². The van der Waals surface area contributed by atoms with Crippen LogP contribution in [0.1, 0.15) is 13.8 Å². The molecule has 4 heteroatoms. The first-order valence-electron chi connectivity index (χ1n) is 4.81. The molecule has 88 valence electrons. The van der Waals surface area contributed by atoms with Crippen molar-refractivity contribution in [3.05, 3.63) is 23.3 Å². The van der Waals surface area contributed by atoms with Crippen LogP contribution in [0, 0.1) is 0 Å². The highest BCUT2D eigenvalue weighted by atomic mass is 16.5. The highest BCUT2D eigenvalue weighted by Crippen LogP contribution is 2.15. The second kappa shape index (κ2) is 7.17. The van der Waals surface area contributed by atoms with Crippen LogP contribution in [0.4, 0.5) is 0 Å². The molecular weight excluding hydrogens is 194 g/mol. The van der Waals surface area contributed by atoms with Gasteiger partial charge in [0.05, 0.1) is 14.2 Å². The molecule has 0 aromatic carbocycles. The summed E-state index contributed by atoms with van der Waals surface area (Å²) in [5, 5.41) is 3.02. The van der Waals surface area contributed by atoms with E-state index in [2.05, 4.69) is 5.32 Å². The number of allylic oxidation sites excluding steroid dienone is 2. The Balaban J connectivity index is 5.06. The quantitative estimate of drug-likeness (QED) is 0.540. The maximum Gasteiger partial charge on any atom is 0.166 e. The predicted molar refractivity (Wildman–Crippen MR) is 60.3 cm³/mol. The van der Waals surface area contributed by atoms with E-state index in [1.165, 1.54) is 0 Å². The molecule has 15 heavy (non-hydrogen) atoms. The maximum absolute atomic E-state index is 5.26. The van der Waals surface area contributed by atoms with E-state index in [0.29, 0.717) is 11.5 Å². The van der Waals surface area contributed by atoms with Crippen LogP contribution in [0.5, 0.6) is 0 Å². The summed E-state index contributed by atoms with van der Waals surface area (Å²) in [5.41, 5.74) is 0.990. The molecule has 0 fully saturated rings. The van der Waals surface area contributed by atoms with Crippen molar-refractivity contribution in [2.45, 2.75) is 20.0 Å². The second-order valence-corrected chi connectivity index (χ2v) is 3.09. The van der Waals surface area contributed by atoms with Crippen molar-refractivity contribution < 1.29 is 14.2 Å². The third-order valence-corrected chi connectivity index (χ3v) is 2.15. The molecule has 1 unspecified atom stereocenters. The number of nitrogens with one attached hydrogen (secondary N) is 1. The minimum absolute atomic E-state index is 0.133. The third-order valence-electron chi connectivity index (χ3n) is 2.15. The zero-order valence-corrected chi connectivity index (χ0v) is 10.4. The van der Waals surface area contributed by atoms with E-state index in [9.17, 15) is 0 Å². The van der Waals surface area contributed by atoms with E-state index in [1.54, 1.807) is 21.3 Å². The normalized spacial score (nSPS) is 15.5. The van der Waals surface area contributed by atoms with Crippen LogP contribution in [0.3, 0.4) is 0 Å². The average molecular weight is 215 g/mol. The van der Waals surface area contributed by atoms with E-state index in [1.807, 2.05) is 27.0 Å². The second-order valence-electron chi connectivity index (χ2n) is 3.09. The molecule has 0 bridgehead atoms. The van der Waals surface area contributed by atoms with Crippen LogP contribution in [-0.2, 0) is 14.2 Å². The van der Waals surface area contributed by atoms with Crippen molar-refractivity contribution in [2.75, 3.05) is 28.4 Å². The molecule has 0 amide bonds. The summed E-state index contributed by atoms with van der Waals surface area (Å²) in [6, 6.07) is 0. The molecule has 0 aromatic rings. The van der Waals surface area contributed by atoms with Crippen LogP contribution in [0.15, 0.2) is 23.3 Å². The molecule has 0 rings (SSSR count).